The van der Waals surface area contributed by atoms with E-state index in [1.54, 1.807) is 26.0 Å². The molecule has 0 unspecified atom stereocenters. The zero-order chi connectivity index (χ0) is 18.6. The number of imide groups is 1. The summed E-state index contributed by atoms with van der Waals surface area (Å²) >= 11 is 0. The number of benzene rings is 1. The third kappa shape index (κ3) is 2.24. The molecule has 0 fully saturated rings. The Hall–Kier alpha value is -3.35. The SMILES string of the molecule is Cc1cc(CN2C(=O)c3[nH]c4c(C)ccnc4c(=O)c3C2=O)ccc1F. The molecule has 1 aliphatic heterocycles. The first kappa shape index (κ1) is 16.1. The molecule has 0 aliphatic carbocycles. The number of hydrogen-bond acceptors (Lipinski definition) is 4. The van der Waals surface area contributed by atoms with Crippen molar-refractivity contribution in [3.8, 4) is 0 Å². The third-order valence-corrected chi connectivity index (χ3v) is 4.58. The van der Waals surface area contributed by atoms with Gasteiger partial charge in [-0.05, 0) is 42.7 Å². The number of amides is 2. The zero-order valence-corrected chi connectivity index (χ0v) is 14.1. The highest BCUT2D eigenvalue weighted by Gasteiger charge is 2.39. The van der Waals surface area contributed by atoms with Crippen LogP contribution in [0.2, 0.25) is 0 Å². The van der Waals surface area contributed by atoms with Gasteiger partial charge in [0.2, 0.25) is 5.43 Å². The lowest BCUT2D eigenvalue weighted by Crippen LogP contribution is -2.30. The molecule has 0 spiro atoms. The number of hydrogen-bond donors (Lipinski definition) is 1. The van der Waals surface area contributed by atoms with E-state index in [0.29, 0.717) is 16.6 Å². The maximum absolute atomic E-state index is 13.4. The van der Waals surface area contributed by atoms with Gasteiger partial charge in [-0.1, -0.05) is 12.1 Å². The molecule has 0 saturated heterocycles. The minimum Gasteiger partial charge on any atom is -0.348 e. The molecule has 3 heterocycles. The molecule has 0 radical (unpaired) electrons. The van der Waals surface area contributed by atoms with Crippen LogP contribution in [0.15, 0.2) is 35.3 Å². The number of aromatic nitrogens is 2. The Kier molecular flexibility index (Phi) is 3.47. The fourth-order valence-corrected chi connectivity index (χ4v) is 3.17. The van der Waals surface area contributed by atoms with Crippen molar-refractivity contribution in [3.05, 3.63) is 74.5 Å². The zero-order valence-electron chi connectivity index (χ0n) is 14.1. The molecule has 1 N–H and O–H groups in total. The van der Waals surface area contributed by atoms with Crippen LogP contribution < -0.4 is 5.43 Å². The molecule has 1 aromatic carbocycles. The first-order chi connectivity index (χ1) is 12.4. The van der Waals surface area contributed by atoms with Crippen molar-refractivity contribution in [2.24, 2.45) is 0 Å². The predicted octanol–water partition coefficient (Wildman–Crippen LogP) is 2.48. The van der Waals surface area contributed by atoms with Gasteiger partial charge in [0.25, 0.3) is 11.8 Å². The number of carbonyl (C=O) groups excluding carboxylic acids is 2. The second-order valence-corrected chi connectivity index (χ2v) is 6.34. The van der Waals surface area contributed by atoms with Crippen LogP contribution in [-0.4, -0.2) is 26.7 Å². The van der Waals surface area contributed by atoms with E-state index in [2.05, 4.69) is 9.97 Å². The number of aromatic amines is 1. The van der Waals surface area contributed by atoms with Gasteiger partial charge >= 0.3 is 0 Å². The van der Waals surface area contributed by atoms with Gasteiger partial charge in [-0.2, -0.15) is 0 Å². The lowest BCUT2D eigenvalue weighted by Gasteiger charge is -2.14. The third-order valence-electron chi connectivity index (χ3n) is 4.58. The van der Waals surface area contributed by atoms with E-state index in [-0.39, 0.29) is 29.1 Å². The number of nitrogens with one attached hydrogen (secondary N) is 1. The van der Waals surface area contributed by atoms with Crippen molar-refractivity contribution in [1.82, 2.24) is 14.9 Å². The highest BCUT2D eigenvalue weighted by atomic mass is 19.1. The van der Waals surface area contributed by atoms with Gasteiger partial charge in [0.05, 0.1) is 12.1 Å². The van der Waals surface area contributed by atoms with Crippen molar-refractivity contribution in [3.63, 3.8) is 0 Å². The maximum Gasteiger partial charge on any atom is 0.278 e. The monoisotopic (exact) mass is 351 g/mol. The van der Waals surface area contributed by atoms with Crippen LogP contribution in [0.1, 0.15) is 37.5 Å². The molecule has 1 aliphatic rings. The van der Waals surface area contributed by atoms with Crippen molar-refractivity contribution < 1.29 is 14.0 Å². The Bertz CT molecular complexity index is 1170. The number of rotatable bonds is 2. The topological polar surface area (TPSA) is 83.1 Å². The van der Waals surface area contributed by atoms with E-state index in [4.69, 9.17) is 0 Å². The first-order valence-corrected chi connectivity index (χ1v) is 8.01. The Balaban J connectivity index is 1.82. The standard InChI is InChI=1S/C19H14FN3O3/c1-9-5-6-21-16-14(9)22-15-13(17(16)24)18(25)23(19(15)26)8-11-3-4-12(20)10(2)7-11/h3-7H,8H2,1-2H3,(H,22,24). The number of carbonyl (C=O) groups is 2. The Morgan fingerprint density at radius 3 is 2.58 bits per heavy atom. The number of H-pyrrole nitrogens is 1. The number of aryl methyl sites for hydroxylation is 2. The van der Waals surface area contributed by atoms with Crippen LogP contribution >= 0.6 is 0 Å². The summed E-state index contributed by atoms with van der Waals surface area (Å²) in [5, 5.41) is 0. The van der Waals surface area contributed by atoms with Gasteiger partial charge in [0.1, 0.15) is 22.6 Å². The van der Waals surface area contributed by atoms with Crippen molar-refractivity contribution >= 4 is 22.8 Å². The van der Waals surface area contributed by atoms with Crippen LogP contribution in [0.3, 0.4) is 0 Å². The average molecular weight is 351 g/mol. The van der Waals surface area contributed by atoms with Crippen LogP contribution in [0.5, 0.6) is 0 Å². The Morgan fingerprint density at radius 2 is 1.85 bits per heavy atom. The fraction of sp³-hybridized carbons (Fsp3) is 0.158. The van der Waals surface area contributed by atoms with Crippen LogP contribution in [-0.2, 0) is 6.54 Å². The quantitative estimate of drug-likeness (QED) is 0.719. The summed E-state index contributed by atoms with van der Waals surface area (Å²) in [5.74, 6) is -1.60. The summed E-state index contributed by atoms with van der Waals surface area (Å²) < 4.78 is 13.4. The second kappa shape index (κ2) is 5.59. The van der Waals surface area contributed by atoms with Crippen LogP contribution in [0, 0.1) is 19.7 Å². The van der Waals surface area contributed by atoms with E-state index < -0.39 is 17.2 Å². The number of pyridine rings is 2. The Morgan fingerprint density at radius 1 is 1.08 bits per heavy atom. The average Bonchev–Trinajstić information content (AvgIpc) is 2.84. The van der Waals surface area contributed by atoms with Gasteiger partial charge < -0.3 is 4.98 Å². The molecule has 26 heavy (non-hydrogen) atoms. The van der Waals surface area contributed by atoms with Gasteiger partial charge in [-0.25, -0.2) is 4.39 Å². The maximum atomic E-state index is 13.4. The van der Waals surface area contributed by atoms with E-state index >= 15 is 0 Å². The minimum atomic E-state index is -0.668. The van der Waals surface area contributed by atoms with Gasteiger partial charge in [0.15, 0.2) is 0 Å². The molecule has 2 amide bonds. The van der Waals surface area contributed by atoms with Crippen molar-refractivity contribution in [2.75, 3.05) is 0 Å². The summed E-state index contributed by atoms with van der Waals surface area (Å²) in [5.41, 5.74) is 1.56. The lowest BCUT2D eigenvalue weighted by atomic mass is 10.1. The van der Waals surface area contributed by atoms with E-state index in [0.717, 1.165) is 10.5 Å². The highest BCUT2D eigenvalue weighted by Crippen LogP contribution is 2.24. The molecular weight excluding hydrogens is 337 g/mol. The normalized spacial score (nSPS) is 13.6. The summed E-state index contributed by atoms with van der Waals surface area (Å²) in [6.45, 7) is 3.35. The molecule has 7 heteroatoms. The molecule has 0 atom stereocenters. The van der Waals surface area contributed by atoms with E-state index in [9.17, 15) is 18.8 Å². The largest absolute Gasteiger partial charge is 0.348 e. The molecule has 4 rings (SSSR count). The van der Waals surface area contributed by atoms with Crippen LogP contribution in [0.25, 0.3) is 11.0 Å². The molecule has 6 nitrogen and oxygen atoms in total. The van der Waals surface area contributed by atoms with Gasteiger partial charge in [-0.3, -0.25) is 24.3 Å². The summed E-state index contributed by atoms with van der Waals surface area (Å²) in [7, 11) is 0. The lowest BCUT2D eigenvalue weighted by molar-refractivity contribution is 0.0640. The fourth-order valence-electron chi connectivity index (χ4n) is 3.17. The molecule has 0 saturated carbocycles. The van der Waals surface area contributed by atoms with E-state index in [1.165, 1.54) is 18.3 Å². The smallest absolute Gasteiger partial charge is 0.278 e. The predicted molar refractivity (Wildman–Crippen MR) is 92.4 cm³/mol. The molecule has 130 valence electrons. The molecular formula is C19H14FN3O3. The number of nitrogens with zero attached hydrogens (tertiary/aromatic N) is 2. The Labute approximate surface area is 147 Å². The molecule has 3 aromatic rings. The summed E-state index contributed by atoms with van der Waals surface area (Å²) in [6.07, 6.45) is 1.49. The number of halogens is 1. The minimum absolute atomic E-state index is 0.0255. The van der Waals surface area contributed by atoms with Crippen molar-refractivity contribution in [2.45, 2.75) is 20.4 Å². The number of fused-ring (bicyclic) bond motifs is 2. The first-order valence-electron chi connectivity index (χ1n) is 8.01. The van der Waals surface area contributed by atoms with Gasteiger partial charge in [-0.15, -0.1) is 0 Å². The summed E-state index contributed by atoms with van der Waals surface area (Å²) in [6, 6.07) is 6.08. The van der Waals surface area contributed by atoms with Gasteiger partial charge in [0, 0.05) is 6.20 Å². The van der Waals surface area contributed by atoms with Crippen molar-refractivity contribution in [1.29, 1.82) is 0 Å². The highest BCUT2D eigenvalue weighted by molar-refractivity contribution is 6.21. The molecule has 2 aromatic heterocycles. The second-order valence-electron chi connectivity index (χ2n) is 6.34. The summed E-state index contributed by atoms with van der Waals surface area (Å²) in [4.78, 5) is 46.0. The molecule has 0 bridgehead atoms. The van der Waals surface area contributed by atoms with Crippen LogP contribution in [0.4, 0.5) is 4.39 Å². The van der Waals surface area contributed by atoms with E-state index in [1.807, 2.05) is 0 Å².